The van der Waals surface area contributed by atoms with Crippen molar-refractivity contribution in [2.24, 2.45) is 0 Å². The van der Waals surface area contributed by atoms with Crippen LogP contribution in [-0.4, -0.2) is 41.3 Å². The van der Waals surface area contributed by atoms with Crippen molar-refractivity contribution < 1.29 is 24.5 Å². The van der Waals surface area contributed by atoms with Crippen LogP contribution in [0.1, 0.15) is 77.6 Å². The van der Waals surface area contributed by atoms with Gasteiger partial charge in [-0.2, -0.15) is 0 Å². The third-order valence-corrected chi connectivity index (χ3v) is 3.96. The smallest absolute Gasteiger partial charge is 0.305 e. The number of rotatable bonds is 17. The number of ketones is 1. The Morgan fingerprint density at radius 1 is 0.962 bits per heavy atom. The number of carbonyl (C=O) groups is 2. The zero-order valence-corrected chi connectivity index (χ0v) is 16.2. The third kappa shape index (κ3) is 17.4. The van der Waals surface area contributed by atoms with Gasteiger partial charge < -0.3 is 14.9 Å². The van der Waals surface area contributed by atoms with E-state index in [1.165, 1.54) is 0 Å². The van der Waals surface area contributed by atoms with Gasteiger partial charge in [-0.05, 0) is 31.8 Å². The number of unbranched alkanes of at least 4 members (excludes halogenated alkanes) is 7. The van der Waals surface area contributed by atoms with Crippen LogP contribution in [0.3, 0.4) is 0 Å². The summed E-state index contributed by atoms with van der Waals surface area (Å²) in [6.07, 6.45) is 16.8. The molecule has 2 N–H and O–H groups in total. The predicted octanol–water partition coefficient (Wildman–Crippen LogP) is 3.88. The monoisotopic (exact) mass is 368 g/mol. The Hall–Kier alpha value is -1.46. The van der Waals surface area contributed by atoms with Crippen LogP contribution in [0.15, 0.2) is 24.3 Å². The minimum atomic E-state index is -0.985. The van der Waals surface area contributed by atoms with E-state index in [2.05, 4.69) is 13.0 Å². The van der Waals surface area contributed by atoms with Gasteiger partial charge in [0.2, 0.25) is 0 Å². The Kier molecular flexibility index (Phi) is 17.3. The van der Waals surface area contributed by atoms with Gasteiger partial charge in [0.15, 0.2) is 5.78 Å². The van der Waals surface area contributed by atoms with E-state index in [4.69, 9.17) is 14.9 Å². The Morgan fingerprint density at radius 2 is 1.65 bits per heavy atom. The van der Waals surface area contributed by atoms with Crippen molar-refractivity contribution in [3.63, 3.8) is 0 Å². The lowest BCUT2D eigenvalue weighted by atomic mass is 10.1. The maximum Gasteiger partial charge on any atom is 0.305 e. The van der Waals surface area contributed by atoms with E-state index in [-0.39, 0.29) is 18.4 Å². The summed E-state index contributed by atoms with van der Waals surface area (Å²) in [5, 5.41) is 17.7. The Balaban J connectivity index is 3.45. The number of hydrogen-bond donors (Lipinski definition) is 2. The molecule has 0 amide bonds. The molecule has 0 aromatic carbocycles. The van der Waals surface area contributed by atoms with Crippen LogP contribution in [0.2, 0.25) is 0 Å². The molecule has 26 heavy (non-hydrogen) atoms. The Bertz CT molecular complexity index is 415. The van der Waals surface area contributed by atoms with Crippen molar-refractivity contribution in [2.45, 2.75) is 83.7 Å². The molecule has 1 atom stereocenters. The fraction of sp³-hybridized carbons (Fsp3) is 0.714. The summed E-state index contributed by atoms with van der Waals surface area (Å²) in [5.74, 6) is -0.121. The van der Waals surface area contributed by atoms with Gasteiger partial charge in [-0.1, -0.05) is 57.3 Å². The molecule has 0 radical (unpaired) electrons. The first-order chi connectivity index (χ1) is 12.6. The second kappa shape index (κ2) is 18.3. The molecule has 0 aliphatic carbocycles. The zero-order valence-electron chi connectivity index (χ0n) is 16.2. The normalized spacial score (nSPS) is 12.7. The number of aliphatic hydroxyl groups is 2. The van der Waals surface area contributed by atoms with Crippen molar-refractivity contribution in [3.05, 3.63) is 24.3 Å². The van der Waals surface area contributed by atoms with Gasteiger partial charge >= 0.3 is 5.97 Å². The molecule has 0 aromatic rings. The molecule has 1 unspecified atom stereocenters. The summed E-state index contributed by atoms with van der Waals surface area (Å²) < 4.78 is 4.83. The van der Waals surface area contributed by atoms with Gasteiger partial charge in [-0.25, -0.2) is 0 Å². The molecule has 0 heterocycles. The average molecular weight is 369 g/mol. The van der Waals surface area contributed by atoms with Crippen LogP contribution in [0.4, 0.5) is 0 Å². The van der Waals surface area contributed by atoms with Gasteiger partial charge in [-0.3, -0.25) is 9.59 Å². The molecule has 0 aromatic heterocycles. The highest BCUT2D eigenvalue weighted by molar-refractivity contribution is 5.89. The molecule has 0 saturated heterocycles. The van der Waals surface area contributed by atoms with Crippen LogP contribution in [0, 0.1) is 0 Å². The molecule has 0 aliphatic heterocycles. The molecule has 0 rings (SSSR count). The number of ether oxygens (including phenoxy) is 1. The second-order valence-corrected chi connectivity index (χ2v) is 6.54. The minimum Gasteiger partial charge on any atom is -0.463 e. The number of hydrogen-bond acceptors (Lipinski definition) is 5. The minimum absolute atomic E-state index is 0.138. The highest BCUT2D eigenvalue weighted by Gasteiger charge is 2.07. The molecule has 0 bridgehead atoms. The summed E-state index contributed by atoms with van der Waals surface area (Å²) in [7, 11) is 0. The SMILES string of the molecule is CCCCCC(=O)/C=C/C=C/CCCCCCCC(=O)OCC(O)CO. The highest BCUT2D eigenvalue weighted by Crippen LogP contribution is 2.08. The van der Waals surface area contributed by atoms with Crippen molar-refractivity contribution in [2.75, 3.05) is 13.2 Å². The van der Waals surface area contributed by atoms with Crippen LogP contribution in [-0.2, 0) is 14.3 Å². The molecule has 0 spiro atoms. The first-order valence-electron chi connectivity index (χ1n) is 9.90. The predicted molar refractivity (Wildman–Crippen MR) is 104 cm³/mol. The molecule has 0 saturated carbocycles. The van der Waals surface area contributed by atoms with Gasteiger partial charge in [0.1, 0.15) is 12.7 Å². The van der Waals surface area contributed by atoms with Crippen LogP contribution < -0.4 is 0 Å². The summed E-state index contributed by atoms with van der Waals surface area (Å²) in [6, 6.07) is 0. The number of aliphatic hydroxyl groups excluding tert-OH is 2. The lowest BCUT2D eigenvalue weighted by Crippen LogP contribution is -2.21. The second-order valence-electron chi connectivity index (χ2n) is 6.54. The average Bonchev–Trinajstić information content (AvgIpc) is 2.64. The van der Waals surface area contributed by atoms with Crippen molar-refractivity contribution in [3.8, 4) is 0 Å². The van der Waals surface area contributed by atoms with Crippen LogP contribution in [0.5, 0.6) is 0 Å². The lowest BCUT2D eigenvalue weighted by Gasteiger charge is -2.08. The summed E-state index contributed by atoms with van der Waals surface area (Å²) >= 11 is 0. The first-order valence-corrected chi connectivity index (χ1v) is 9.90. The molecule has 0 aliphatic rings. The van der Waals surface area contributed by atoms with Crippen molar-refractivity contribution in [1.82, 2.24) is 0 Å². The molecule has 5 nitrogen and oxygen atoms in total. The van der Waals surface area contributed by atoms with E-state index < -0.39 is 12.7 Å². The summed E-state index contributed by atoms with van der Waals surface area (Å²) in [5.41, 5.74) is 0. The van der Waals surface area contributed by atoms with E-state index in [0.29, 0.717) is 12.8 Å². The van der Waals surface area contributed by atoms with Gasteiger partial charge in [0, 0.05) is 12.8 Å². The maximum atomic E-state index is 11.5. The first kappa shape index (κ1) is 24.5. The quantitative estimate of drug-likeness (QED) is 0.176. The molecular formula is C21H36O5. The highest BCUT2D eigenvalue weighted by atomic mass is 16.5. The summed E-state index contributed by atoms with van der Waals surface area (Å²) in [4.78, 5) is 22.9. The van der Waals surface area contributed by atoms with Crippen LogP contribution in [0.25, 0.3) is 0 Å². The van der Waals surface area contributed by atoms with E-state index >= 15 is 0 Å². The lowest BCUT2D eigenvalue weighted by molar-refractivity contribution is -0.147. The number of carbonyl (C=O) groups excluding carboxylic acids is 2. The van der Waals surface area contributed by atoms with Crippen molar-refractivity contribution in [1.29, 1.82) is 0 Å². The summed E-state index contributed by atoms with van der Waals surface area (Å²) in [6.45, 7) is 1.59. The topological polar surface area (TPSA) is 83.8 Å². The van der Waals surface area contributed by atoms with E-state index in [0.717, 1.165) is 57.8 Å². The fourth-order valence-electron chi connectivity index (χ4n) is 2.35. The Morgan fingerprint density at radius 3 is 2.38 bits per heavy atom. The van der Waals surface area contributed by atoms with E-state index in [9.17, 15) is 9.59 Å². The van der Waals surface area contributed by atoms with Gasteiger partial charge in [-0.15, -0.1) is 0 Å². The molecular weight excluding hydrogens is 332 g/mol. The van der Waals surface area contributed by atoms with Crippen LogP contribution >= 0.6 is 0 Å². The van der Waals surface area contributed by atoms with Crippen molar-refractivity contribution >= 4 is 11.8 Å². The largest absolute Gasteiger partial charge is 0.463 e. The van der Waals surface area contributed by atoms with Gasteiger partial charge in [0.25, 0.3) is 0 Å². The number of esters is 1. The maximum absolute atomic E-state index is 11.5. The third-order valence-electron chi connectivity index (χ3n) is 3.96. The van der Waals surface area contributed by atoms with E-state index in [1.54, 1.807) is 6.08 Å². The fourth-order valence-corrected chi connectivity index (χ4v) is 2.35. The standard InChI is InChI=1S/C21H36O5/c1-2-3-11-14-19(23)15-12-9-7-5-4-6-8-10-13-16-21(25)26-18-20(24)17-22/h7,9,12,15,20,22,24H,2-6,8,10-11,13-14,16-18H2,1H3/b9-7+,15-12+. The molecule has 0 fully saturated rings. The number of allylic oxidation sites excluding steroid dienone is 4. The Labute approximate surface area is 158 Å². The van der Waals surface area contributed by atoms with E-state index in [1.807, 2.05) is 12.2 Å². The zero-order chi connectivity index (χ0) is 19.5. The molecule has 5 heteroatoms. The van der Waals surface area contributed by atoms with Gasteiger partial charge in [0.05, 0.1) is 6.61 Å². The molecule has 150 valence electrons.